The van der Waals surface area contributed by atoms with Gasteiger partial charge in [-0.1, -0.05) is 39.0 Å². The van der Waals surface area contributed by atoms with E-state index in [1.807, 2.05) is 34.6 Å². The Morgan fingerprint density at radius 2 is 0.788 bits per heavy atom. The van der Waals surface area contributed by atoms with Crippen molar-refractivity contribution < 1.29 is 33.5 Å². The SMILES string of the molecule is CCCCCCCCOC(C)COC(C)COC(C)COC(C)COC(C)COC(C)CO. The Balaban J connectivity index is 3.70. The lowest BCUT2D eigenvalue weighted by Crippen LogP contribution is -2.29. The molecule has 200 valence electrons. The third kappa shape index (κ3) is 22.0. The molecule has 6 unspecified atom stereocenters. The molecule has 0 aromatic carbocycles. The summed E-state index contributed by atoms with van der Waals surface area (Å²) in [6, 6.07) is 0. The molecule has 0 aromatic heterocycles. The minimum Gasteiger partial charge on any atom is -0.394 e. The average molecular weight is 479 g/mol. The highest BCUT2D eigenvalue weighted by atomic mass is 16.6. The lowest BCUT2D eigenvalue weighted by molar-refractivity contribution is -0.103. The highest BCUT2D eigenvalue weighted by Crippen LogP contribution is 2.07. The van der Waals surface area contributed by atoms with Gasteiger partial charge in [0.2, 0.25) is 0 Å². The van der Waals surface area contributed by atoms with Crippen molar-refractivity contribution in [1.82, 2.24) is 0 Å². The van der Waals surface area contributed by atoms with Gasteiger partial charge in [0.15, 0.2) is 0 Å². The van der Waals surface area contributed by atoms with E-state index < -0.39 is 0 Å². The van der Waals surface area contributed by atoms with Gasteiger partial charge in [0, 0.05) is 6.61 Å². The van der Waals surface area contributed by atoms with Gasteiger partial charge in [-0.05, 0) is 48.0 Å². The van der Waals surface area contributed by atoms with Gasteiger partial charge in [0.05, 0.1) is 76.3 Å². The van der Waals surface area contributed by atoms with Crippen molar-refractivity contribution in [3.63, 3.8) is 0 Å². The topological polar surface area (TPSA) is 75.6 Å². The van der Waals surface area contributed by atoms with Gasteiger partial charge < -0.3 is 33.5 Å². The summed E-state index contributed by atoms with van der Waals surface area (Å²) in [5.41, 5.74) is 0. The van der Waals surface area contributed by atoms with Crippen LogP contribution in [0.3, 0.4) is 0 Å². The van der Waals surface area contributed by atoms with E-state index >= 15 is 0 Å². The van der Waals surface area contributed by atoms with Crippen molar-refractivity contribution in [2.45, 2.75) is 124 Å². The first-order chi connectivity index (χ1) is 15.8. The monoisotopic (exact) mass is 478 g/mol. The summed E-state index contributed by atoms with van der Waals surface area (Å²) in [7, 11) is 0. The molecule has 0 bridgehead atoms. The number of rotatable bonds is 24. The predicted molar refractivity (Wildman–Crippen MR) is 133 cm³/mol. The fourth-order valence-corrected chi connectivity index (χ4v) is 2.96. The molecule has 0 heterocycles. The molecule has 7 nitrogen and oxygen atoms in total. The highest BCUT2D eigenvalue weighted by molar-refractivity contribution is 4.58. The second-order valence-corrected chi connectivity index (χ2v) is 9.35. The Morgan fingerprint density at radius 1 is 0.455 bits per heavy atom. The normalized spacial score (nSPS) is 17.5. The first kappa shape index (κ1) is 32.7. The van der Waals surface area contributed by atoms with Crippen molar-refractivity contribution in [2.75, 3.05) is 46.2 Å². The smallest absolute Gasteiger partial charge is 0.0781 e. The molecule has 0 saturated heterocycles. The van der Waals surface area contributed by atoms with E-state index in [0.29, 0.717) is 33.0 Å². The van der Waals surface area contributed by atoms with Crippen LogP contribution in [0.5, 0.6) is 0 Å². The summed E-state index contributed by atoms with van der Waals surface area (Å²) < 4.78 is 34.6. The Bertz CT molecular complexity index is 410. The van der Waals surface area contributed by atoms with Crippen LogP contribution in [0.1, 0.15) is 87.0 Å². The fraction of sp³-hybridized carbons (Fsp3) is 1.00. The van der Waals surface area contributed by atoms with Crippen LogP contribution in [-0.2, 0) is 28.4 Å². The number of ether oxygens (including phenoxy) is 6. The molecule has 0 aliphatic heterocycles. The van der Waals surface area contributed by atoms with Crippen molar-refractivity contribution >= 4 is 0 Å². The average Bonchev–Trinajstić information content (AvgIpc) is 2.81. The van der Waals surface area contributed by atoms with Crippen LogP contribution in [0.4, 0.5) is 0 Å². The minimum atomic E-state index is -0.171. The quantitative estimate of drug-likeness (QED) is 0.200. The molecule has 0 rings (SSSR count). The third-order valence-corrected chi connectivity index (χ3v) is 5.23. The lowest BCUT2D eigenvalue weighted by atomic mass is 10.1. The molecule has 0 aromatic rings. The van der Waals surface area contributed by atoms with Gasteiger partial charge in [-0.2, -0.15) is 0 Å². The summed E-state index contributed by atoms with van der Waals surface area (Å²) in [6.45, 7) is 17.5. The standard InChI is InChI=1S/C26H54O7/c1-8-9-10-11-12-13-14-28-22(3)16-30-24(5)18-32-26(7)20-33-25(6)19-31-23(4)17-29-21(2)15-27/h21-27H,8-20H2,1-7H3. The zero-order valence-electron chi connectivity index (χ0n) is 22.6. The van der Waals surface area contributed by atoms with Crippen LogP contribution in [0.25, 0.3) is 0 Å². The number of hydrogen-bond acceptors (Lipinski definition) is 7. The molecule has 0 fully saturated rings. The number of aliphatic hydroxyl groups is 1. The Labute approximate surface area is 203 Å². The van der Waals surface area contributed by atoms with Crippen molar-refractivity contribution in [3.8, 4) is 0 Å². The van der Waals surface area contributed by atoms with Crippen LogP contribution in [0, 0.1) is 0 Å². The van der Waals surface area contributed by atoms with E-state index in [9.17, 15) is 0 Å². The number of unbranched alkanes of at least 4 members (excludes halogenated alkanes) is 5. The van der Waals surface area contributed by atoms with Crippen LogP contribution >= 0.6 is 0 Å². The minimum absolute atomic E-state index is 0.00969. The Hall–Kier alpha value is -0.280. The van der Waals surface area contributed by atoms with Gasteiger partial charge in [-0.15, -0.1) is 0 Å². The van der Waals surface area contributed by atoms with Crippen molar-refractivity contribution in [1.29, 1.82) is 0 Å². The van der Waals surface area contributed by atoms with E-state index in [-0.39, 0.29) is 43.2 Å². The first-order valence-electron chi connectivity index (χ1n) is 13.1. The second kappa shape index (κ2) is 22.2. The number of aliphatic hydroxyl groups excluding tert-OH is 1. The van der Waals surface area contributed by atoms with Crippen molar-refractivity contribution in [2.24, 2.45) is 0 Å². The second-order valence-electron chi connectivity index (χ2n) is 9.35. The molecule has 0 aliphatic carbocycles. The Morgan fingerprint density at radius 3 is 1.18 bits per heavy atom. The highest BCUT2D eigenvalue weighted by Gasteiger charge is 2.13. The fourth-order valence-electron chi connectivity index (χ4n) is 2.96. The van der Waals surface area contributed by atoms with Gasteiger partial charge >= 0.3 is 0 Å². The van der Waals surface area contributed by atoms with Crippen LogP contribution < -0.4 is 0 Å². The van der Waals surface area contributed by atoms with Crippen LogP contribution in [0.2, 0.25) is 0 Å². The molecule has 7 heteroatoms. The molecular weight excluding hydrogens is 424 g/mol. The van der Waals surface area contributed by atoms with Gasteiger partial charge in [0.25, 0.3) is 0 Å². The molecule has 0 aliphatic rings. The first-order valence-corrected chi connectivity index (χ1v) is 13.1. The molecular formula is C26H54O7. The van der Waals surface area contributed by atoms with Crippen molar-refractivity contribution in [3.05, 3.63) is 0 Å². The molecule has 0 spiro atoms. The predicted octanol–water partition coefficient (Wildman–Crippen LogP) is 4.77. The number of hydrogen-bond donors (Lipinski definition) is 1. The van der Waals surface area contributed by atoms with Gasteiger partial charge in [0.1, 0.15) is 0 Å². The molecule has 6 atom stereocenters. The summed E-state index contributed by atoms with van der Waals surface area (Å²) in [5, 5.41) is 8.98. The molecule has 1 N–H and O–H groups in total. The van der Waals surface area contributed by atoms with E-state index in [1.165, 1.54) is 32.1 Å². The molecule has 0 radical (unpaired) electrons. The van der Waals surface area contributed by atoms with Gasteiger partial charge in [-0.3, -0.25) is 0 Å². The summed E-state index contributed by atoms with van der Waals surface area (Å²) in [4.78, 5) is 0. The molecule has 33 heavy (non-hydrogen) atoms. The van der Waals surface area contributed by atoms with Gasteiger partial charge in [-0.25, -0.2) is 0 Å². The van der Waals surface area contributed by atoms with E-state index in [1.54, 1.807) is 0 Å². The summed E-state index contributed by atoms with van der Waals surface area (Å²) in [5.74, 6) is 0. The summed E-state index contributed by atoms with van der Waals surface area (Å²) >= 11 is 0. The maximum atomic E-state index is 8.98. The molecule has 0 amide bonds. The third-order valence-electron chi connectivity index (χ3n) is 5.23. The van der Waals surface area contributed by atoms with Crippen LogP contribution in [-0.4, -0.2) is 88.0 Å². The van der Waals surface area contributed by atoms with E-state index in [2.05, 4.69) is 13.8 Å². The largest absolute Gasteiger partial charge is 0.394 e. The summed E-state index contributed by atoms with van der Waals surface area (Å²) in [6.07, 6.45) is 7.48. The zero-order valence-corrected chi connectivity index (χ0v) is 22.6. The Kier molecular flexibility index (Phi) is 22.0. The van der Waals surface area contributed by atoms with Crippen LogP contribution in [0.15, 0.2) is 0 Å². The molecule has 0 saturated carbocycles. The van der Waals surface area contributed by atoms with E-state index in [0.717, 1.165) is 13.0 Å². The zero-order chi connectivity index (χ0) is 24.9. The maximum absolute atomic E-state index is 8.98. The maximum Gasteiger partial charge on any atom is 0.0781 e. The lowest BCUT2D eigenvalue weighted by Gasteiger charge is -2.22. The van der Waals surface area contributed by atoms with E-state index in [4.69, 9.17) is 33.5 Å².